The number of carbonyl (C=O) groups is 1. The van der Waals surface area contributed by atoms with Gasteiger partial charge in [0.05, 0.1) is 5.75 Å². The van der Waals surface area contributed by atoms with Crippen LogP contribution in [0, 0.1) is 0 Å². The Kier molecular flexibility index (Phi) is 7.68. The summed E-state index contributed by atoms with van der Waals surface area (Å²) < 4.78 is 7.68. The molecule has 0 bridgehead atoms. The Balaban J connectivity index is 1.20. The van der Waals surface area contributed by atoms with Crippen LogP contribution in [0.2, 0.25) is 5.02 Å². The Hall–Kier alpha value is -2.55. The topological polar surface area (TPSA) is 63.5 Å². The Morgan fingerprint density at radius 2 is 1.75 bits per heavy atom. The molecule has 1 saturated heterocycles. The van der Waals surface area contributed by atoms with Gasteiger partial charge in [-0.2, -0.15) is 0 Å². The lowest BCUT2D eigenvalue weighted by molar-refractivity contribution is -0.130. The molecule has 0 aliphatic carbocycles. The van der Waals surface area contributed by atoms with Crippen molar-refractivity contribution in [3.63, 3.8) is 0 Å². The SMILES string of the molecule is Cn1c(SCC(=O)N2CCN(CCOc3ccccc3)CC2)nnc1-c1ccc(Cl)cc1. The van der Waals surface area contributed by atoms with Gasteiger partial charge in [0.1, 0.15) is 12.4 Å². The number of ether oxygens (including phenoxy) is 1. The number of aromatic nitrogens is 3. The Morgan fingerprint density at radius 3 is 2.47 bits per heavy atom. The molecule has 4 rings (SSSR count). The molecule has 1 aliphatic rings. The van der Waals surface area contributed by atoms with Gasteiger partial charge in [-0.3, -0.25) is 9.69 Å². The van der Waals surface area contributed by atoms with Gasteiger partial charge in [0, 0.05) is 50.4 Å². The summed E-state index contributed by atoms with van der Waals surface area (Å²) in [4.78, 5) is 17.0. The second kappa shape index (κ2) is 10.8. The normalized spacial score (nSPS) is 14.5. The summed E-state index contributed by atoms with van der Waals surface area (Å²) in [5, 5.41) is 9.93. The molecule has 32 heavy (non-hydrogen) atoms. The number of carbonyl (C=O) groups excluding carboxylic acids is 1. The molecule has 1 amide bonds. The van der Waals surface area contributed by atoms with E-state index >= 15 is 0 Å². The van der Waals surface area contributed by atoms with Crippen molar-refractivity contribution in [2.75, 3.05) is 45.1 Å². The molecule has 0 spiro atoms. The molecule has 0 unspecified atom stereocenters. The number of amides is 1. The van der Waals surface area contributed by atoms with E-state index in [4.69, 9.17) is 16.3 Å². The van der Waals surface area contributed by atoms with Gasteiger partial charge in [0.15, 0.2) is 11.0 Å². The van der Waals surface area contributed by atoms with Crippen LogP contribution in [0.1, 0.15) is 0 Å². The van der Waals surface area contributed by atoms with Gasteiger partial charge in [-0.15, -0.1) is 10.2 Å². The van der Waals surface area contributed by atoms with Crippen molar-refractivity contribution < 1.29 is 9.53 Å². The molecule has 168 valence electrons. The van der Waals surface area contributed by atoms with Gasteiger partial charge in [-0.05, 0) is 36.4 Å². The molecule has 2 heterocycles. The van der Waals surface area contributed by atoms with Gasteiger partial charge in [-0.25, -0.2) is 0 Å². The van der Waals surface area contributed by atoms with Crippen molar-refractivity contribution in [2.24, 2.45) is 7.05 Å². The first-order valence-corrected chi connectivity index (χ1v) is 11.9. The first-order chi connectivity index (χ1) is 15.6. The highest BCUT2D eigenvalue weighted by atomic mass is 35.5. The highest BCUT2D eigenvalue weighted by molar-refractivity contribution is 7.99. The monoisotopic (exact) mass is 471 g/mol. The van der Waals surface area contributed by atoms with Crippen LogP contribution < -0.4 is 4.74 Å². The number of halogens is 1. The predicted octanol–water partition coefficient (Wildman–Crippen LogP) is 3.45. The average Bonchev–Trinajstić information content (AvgIpc) is 3.19. The van der Waals surface area contributed by atoms with E-state index < -0.39 is 0 Å². The standard InChI is InChI=1S/C23H26ClN5O2S/c1-27-22(18-7-9-19(24)10-8-18)25-26-23(27)32-17-21(30)29-13-11-28(12-14-29)15-16-31-20-5-3-2-4-6-20/h2-10H,11-17H2,1H3. The lowest BCUT2D eigenvalue weighted by Crippen LogP contribution is -2.50. The third-order valence-electron chi connectivity index (χ3n) is 5.41. The van der Waals surface area contributed by atoms with E-state index in [1.165, 1.54) is 11.8 Å². The molecule has 0 saturated carbocycles. The predicted molar refractivity (Wildman–Crippen MR) is 127 cm³/mol. The van der Waals surface area contributed by atoms with Crippen LogP contribution in [-0.4, -0.2) is 75.6 Å². The Labute approximate surface area is 197 Å². The summed E-state index contributed by atoms with van der Waals surface area (Å²) >= 11 is 7.38. The van der Waals surface area contributed by atoms with E-state index in [9.17, 15) is 4.79 Å². The zero-order chi connectivity index (χ0) is 22.3. The van der Waals surface area contributed by atoms with Gasteiger partial charge in [0.25, 0.3) is 0 Å². The van der Waals surface area contributed by atoms with Crippen LogP contribution in [0.4, 0.5) is 0 Å². The summed E-state index contributed by atoms with van der Waals surface area (Å²) in [6.07, 6.45) is 0. The lowest BCUT2D eigenvalue weighted by atomic mass is 10.2. The first kappa shape index (κ1) is 22.6. The quantitative estimate of drug-likeness (QED) is 0.469. The van der Waals surface area contributed by atoms with Crippen LogP contribution >= 0.6 is 23.4 Å². The molecule has 1 aliphatic heterocycles. The molecule has 0 radical (unpaired) electrons. The average molecular weight is 472 g/mol. The first-order valence-electron chi connectivity index (χ1n) is 10.6. The van der Waals surface area contributed by atoms with Crippen molar-refractivity contribution in [3.05, 3.63) is 59.6 Å². The number of thioether (sulfide) groups is 1. The molecule has 0 N–H and O–H groups in total. The van der Waals surface area contributed by atoms with Crippen molar-refractivity contribution in [1.29, 1.82) is 0 Å². The number of nitrogens with zero attached hydrogens (tertiary/aromatic N) is 5. The van der Waals surface area contributed by atoms with Crippen molar-refractivity contribution in [1.82, 2.24) is 24.6 Å². The van der Waals surface area contributed by atoms with Crippen LogP contribution in [-0.2, 0) is 11.8 Å². The van der Waals surface area contributed by atoms with Crippen LogP contribution in [0.5, 0.6) is 5.75 Å². The summed E-state index contributed by atoms with van der Waals surface area (Å²) in [5.74, 6) is 2.12. The maximum Gasteiger partial charge on any atom is 0.233 e. The van der Waals surface area contributed by atoms with E-state index in [1.54, 1.807) is 0 Å². The fourth-order valence-electron chi connectivity index (χ4n) is 3.54. The van der Waals surface area contributed by atoms with Crippen molar-refractivity contribution in [2.45, 2.75) is 5.16 Å². The second-order valence-electron chi connectivity index (χ2n) is 7.54. The molecule has 1 aromatic heterocycles. The fraction of sp³-hybridized carbons (Fsp3) is 0.348. The molecule has 9 heteroatoms. The lowest BCUT2D eigenvalue weighted by Gasteiger charge is -2.34. The van der Waals surface area contributed by atoms with E-state index in [0.29, 0.717) is 17.4 Å². The minimum atomic E-state index is 0.131. The third kappa shape index (κ3) is 5.82. The Bertz CT molecular complexity index is 1020. The van der Waals surface area contributed by atoms with Gasteiger partial charge >= 0.3 is 0 Å². The third-order valence-corrected chi connectivity index (χ3v) is 6.66. The van der Waals surface area contributed by atoms with Crippen LogP contribution in [0.3, 0.4) is 0 Å². The molecule has 7 nitrogen and oxygen atoms in total. The van der Waals surface area contributed by atoms with Crippen molar-refractivity contribution in [3.8, 4) is 17.1 Å². The Morgan fingerprint density at radius 1 is 1.03 bits per heavy atom. The number of benzene rings is 2. The summed E-state index contributed by atoms with van der Waals surface area (Å²) in [7, 11) is 1.91. The van der Waals surface area contributed by atoms with Gasteiger partial charge in [0.2, 0.25) is 5.91 Å². The highest BCUT2D eigenvalue weighted by Crippen LogP contribution is 2.24. The highest BCUT2D eigenvalue weighted by Gasteiger charge is 2.22. The zero-order valence-electron chi connectivity index (χ0n) is 18.0. The largest absolute Gasteiger partial charge is 0.492 e. The van der Waals surface area contributed by atoms with E-state index in [2.05, 4.69) is 15.1 Å². The number of piperazine rings is 1. The number of hydrogen-bond acceptors (Lipinski definition) is 6. The molecule has 2 aromatic carbocycles. The van der Waals surface area contributed by atoms with Crippen LogP contribution in [0.15, 0.2) is 59.8 Å². The van der Waals surface area contributed by atoms with E-state index in [0.717, 1.165) is 55.0 Å². The molecular weight excluding hydrogens is 446 g/mol. The van der Waals surface area contributed by atoms with E-state index in [1.807, 2.05) is 71.1 Å². The number of para-hydroxylation sites is 1. The molecule has 1 fully saturated rings. The minimum Gasteiger partial charge on any atom is -0.492 e. The number of hydrogen-bond donors (Lipinski definition) is 0. The minimum absolute atomic E-state index is 0.131. The summed E-state index contributed by atoms with van der Waals surface area (Å²) in [6.45, 7) is 4.70. The molecular formula is C23H26ClN5O2S. The maximum atomic E-state index is 12.7. The molecule has 0 atom stereocenters. The smallest absolute Gasteiger partial charge is 0.233 e. The summed E-state index contributed by atoms with van der Waals surface area (Å²) in [5.41, 5.74) is 0.940. The molecule has 3 aromatic rings. The van der Waals surface area contributed by atoms with Crippen molar-refractivity contribution >= 4 is 29.3 Å². The summed E-state index contributed by atoms with van der Waals surface area (Å²) in [6, 6.07) is 17.3. The second-order valence-corrected chi connectivity index (χ2v) is 8.92. The number of rotatable bonds is 8. The zero-order valence-corrected chi connectivity index (χ0v) is 19.6. The van der Waals surface area contributed by atoms with Gasteiger partial charge < -0.3 is 14.2 Å². The van der Waals surface area contributed by atoms with Crippen LogP contribution in [0.25, 0.3) is 11.4 Å². The van der Waals surface area contributed by atoms with Gasteiger partial charge in [-0.1, -0.05) is 41.6 Å². The maximum absolute atomic E-state index is 12.7. The fourth-order valence-corrected chi connectivity index (χ4v) is 4.48. The van der Waals surface area contributed by atoms with E-state index in [-0.39, 0.29) is 5.91 Å².